The van der Waals surface area contributed by atoms with Gasteiger partial charge >= 0.3 is 0 Å². The van der Waals surface area contributed by atoms with E-state index in [1.807, 2.05) is 6.92 Å². The van der Waals surface area contributed by atoms with E-state index < -0.39 is 0 Å². The molecule has 0 aliphatic carbocycles. The number of fused-ring (bicyclic) bond motifs is 1. The second-order valence-corrected chi connectivity index (χ2v) is 8.17. The second kappa shape index (κ2) is 12.3. The van der Waals surface area contributed by atoms with Crippen molar-refractivity contribution in [3.05, 3.63) is 35.4 Å². The number of aliphatic hydroxyl groups is 1. The third kappa shape index (κ3) is 6.83. The van der Waals surface area contributed by atoms with Gasteiger partial charge in [0, 0.05) is 32.8 Å². The van der Waals surface area contributed by atoms with Crippen LogP contribution in [-0.2, 0) is 0 Å². The highest BCUT2D eigenvalue weighted by Crippen LogP contribution is 2.22. The van der Waals surface area contributed by atoms with Crippen molar-refractivity contribution in [3.63, 3.8) is 0 Å². The Morgan fingerprint density at radius 2 is 1.77 bits per heavy atom. The molecule has 0 bridgehead atoms. The smallest absolute Gasteiger partial charge is 0.261 e. The average molecular weight is 417 g/mol. The number of carbonyl (C=O) groups is 2. The first-order valence-corrected chi connectivity index (χ1v) is 11.1. The molecule has 0 saturated carbocycles. The minimum absolute atomic E-state index is 0.189. The van der Waals surface area contributed by atoms with Crippen LogP contribution in [-0.4, -0.2) is 60.6 Å². The van der Waals surface area contributed by atoms with E-state index in [0.29, 0.717) is 42.6 Å². The quantitative estimate of drug-likeness (QED) is 0.211. The normalized spacial score (nSPS) is 15.0. The Balaban J connectivity index is 1.77. The Labute approximate surface area is 180 Å². The zero-order valence-corrected chi connectivity index (χ0v) is 18.5. The molecule has 30 heavy (non-hydrogen) atoms. The van der Waals surface area contributed by atoms with Gasteiger partial charge < -0.3 is 15.7 Å². The van der Waals surface area contributed by atoms with E-state index in [-0.39, 0.29) is 18.4 Å². The van der Waals surface area contributed by atoms with Crippen LogP contribution in [0.15, 0.2) is 29.3 Å². The summed E-state index contributed by atoms with van der Waals surface area (Å²) in [6.45, 7) is 9.18. The number of benzene rings is 1. The fourth-order valence-corrected chi connectivity index (χ4v) is 3.74. The number of hydrogen-bond acceptors (Lipinski definition) is 4. The maximum absolute atomic E-state index is 12.4. The molecule has 7 nitrogen and oxygen atoms in total. The minimum atomic E-state index is -0.196. The first-order chi connectivity index (χ1) is 14.5. The molecule has 0 saturated heterocycles. The number of nitrogens with one attached hydrogen (secondary N) is 2. The van der Waals surface area contributed by atoms with Gasteiger partial charge in [-0.3, -0.25) is 19.5 Å². The highest BCUT2D eigenvalue weighted by atomic mass is 16.3. The Morgan fingerprint density at radius 1 is 1.10 bits per heavy atom. The number of aliphatic hydroxyl groups excluding tert-OH is 1. The molecule has 1 aliphatic heterocycles. The molecular weight excluding hydrogens is 380 g/mol. The molecule has 1 unspecified atom stereocenters. The summed E-state index contributed by atoms with van der Waals surface area (Å²) in [5.74, 6) is 1.33. The summed E-state index contributed by atoms with van der Waals surface area (Å²) < 4.78 is 0. The first-order valence-electron chi connectivity index (χ1n) is 11.1. The summed E-state index contributed by atoms with van der Waals surface area (Å²) in [4.78, 5) is 30.8. The van der Waals surface area contributed by atoms with Gasteiger partial charge in [0.05, 0.1) is 11.1 Å². The van der Waals surface area contributed by atoms with E-state index >= 15 is 0 Å². The number of rotatable bonds is 12. The van der Waals surface area contributed by atoms with Gasteiger partial charge in [-0.2, -0.15) is 0 Å². The van der Waals surface area contributed by atoms with E-state index in [2.05, 4.69) is 29.5 Å². The lowest BCUT2D eigenvalue weighted by Crippen LogP contribution is -2.38. The fourth-order valence-electron chi connectivity index (χ4n) is 3.74. The molecule has 1 atom stereocenters. The molecular formula is C23H36N4O3. The monoisotopic (exact) mass is 416 g/mol. The van der Waals surface area contributed by atoms with E-state index in [1.165, 1.54) is 4.90 Å². The highest BCUT2D eigenvalue weighted by Gasteiger charge is 2.34. The first kappa shape index (κ1) is 23.9. The lowest BCUT2D eigenvalue weighted by Gasteiger charge is -2.18. The number of imide groups is 1. The van der Waals surface area contributed by atoms with Crippen molar-refractivity contribution < 1.29 is 14.7 Å². The molecule has 3 N–H and O–H groups in total. The molecule has 1 aromatic carbocycles. The number of carbonyl (C=O) groups excluding carboxylic acids is 2. The van der Waals surface area contributed by atoms with Gasteiger partial charge in [0.25, 0.3) is 11.8 Å². The van der Waals surface area contributed by atoms with E-state index in [1.54, 1.807) is 24.3 Å². The van der Waals surface area contributed by atoms with Crippen LogP contribution in [0.3, 0.4) is 0 Å². The predicted octanol–water partition coefficient (Wildman–Crippen LogP) is 2.66. The number of hydrogen-bond donors (Lipinski definition) is 3. The lowest BCUT2D eigenvalue weighted by atomic mass is 9.94. The van der Waals surface area contributed by atoms with E-state index in [0.717, 1.165) is 38.2 Å². The minimum Gasteiger partial charge on any atom is -0.396 e. The summed E-state index contributed by atoms with van der Waals surface area (Å²) in [6, 6.07) is 6.98. The van der Waals surface area contributed by atoms with Gasteiger partial charge in [-0.05, 0) is 56.6 Å². The molecule has 1 aromatic rings. The predicted molar refractivity (Wildman–Crippen MR) is 120 cm³/mol. The van der Waals surface area contributed by atoms with Crippen LogP contribution >= 0.6 is 0 Å². The Bertz CT molecular complexity index is 698. The van der Waals surface area contributed by atoms with Crippen LogP contribution in [0.25, 0.3) is 0 Å². The van der Waals surface area contributed by atoms with Crippen molar-refractivity contribution in [1.82, 2.24) is 15.5 Å². The molecule has 2 rings (SSSR count). The fraction of sp³-hybridized carbons (Fsp3) is 0.609. The van der Waals surface area contributed by atoms with Crippen LogP contribution in [0.1, 0.15) is 67.2 Å². The molecule has 7 heteroatoms. The molecule has 0 aromatic heterocycles. The van der Waals surface area contributed by atoms with Crippen LogP contribution < -0.4 is 10.6 Å². The van der Waals surface area contributed by atoms with Crippen LogP contribution in [0.5, 0.6) is 0 Å². The summed E-state index contributed by atoms with van der Waals surface area (Å²) >= 11 is 0. The standard InChI is InChI=1S/C23H36N4O3/c1-4-24-23(26-16-18(11-14-28)15-17(2)3)25-12-7-8-13-27-21(29)19-9-5-6-10-20(19)22(27)30/h5-6,9-10,17-18,28H,4,7-8,11-16H2,1-3H3,(H2,24,25,26). The van der Waals surface area contributed by atoms with Gasteiger partial charge in [-0.1, -0.05) is 26.0 Å². The SMILES string of the molecule is CCNC(=NCC(CCO)CC(C)C)NCCCCN1C(=O)c2ccccc2C1=O. The molecule has 166 valence electrons. The second-order valence-electron chi connectivity index (χ2n) is 8.17. The van der Waals surface area contributed by atoms with Gasteiger partial charge in [0.2, 0.25) is 0 Å². The van der Waals surface area contributed by atoms with Gasteiger partial charge in [0.1, 0.15) is 0 Å². The summed E-state index contributed by atoms with van der Waals surface area (Å²) in [7, 11) is 0. The van der Waals surface area contributed by atoms with Crippen molar-refractivity contribution in [3.8, 4) is 0 Å². The summed E-state index contributed by atoms with van der Waals surface area (Å²) in [6.07, 6.45) is 3.37. The van der Waals surface area contributed by atoms with Crippen LogP contribution in [0.2, 0.25) is 0 Å². The molecule has 1 aliphatic rings. The van der Waals surface area contributed by atoms with Gasteiger partial charge in [-0.25, -0.2) is 0 Å². The molecule has 0 radical (unpaired) electrons. The third-order valence-electron chi connectivity index (χ3n) is 5.17. The zero-order chi connectivity index (χ0) is 21.9. The third-order valence-corrected chi connectivity index (χ3v) is 5.17. The van der Waals surface area contributed by atoms with Crippen molar-refractivity contribution in [2.24, 2.45) is 16.8 Å². The molecule has 0 fully saturated rings. The van der Waals surface area contributed by atoms with E-state index in [4.69, 9.17) is 0 Å². The van der Waals surface area contributed by atoms with E-state index in [9.17, 15) is 14.7 Å². The highest BCUT2D eigenvalue weighted by molar-refractivity contribution is 6.21. The van der Waals surface area contributed by atoms with Crippen molar-refractivity contribution >= 4 is 17.8 Å². The summed E-state index contributed by atoms with van der Waals surface area (Å²) in [5, 5.41) is 15.8. The number of aliphatic imine (C=N–C) groups is 1. The maximum atomic E-state index is 12.4. The number of unbranched alkanes of at least 4 members (excludes halogenated alkanes) is 1. The van der Waals surface area contributed by atoms with Gasteiger partial charge in [0.15, 0.2) is 5.96 Å². The number of nitrogens with zero attached hydrogens (tertiary/aromatic N) is 2. The maximum Gasteiger partial charge on any atom is 0.261 e. The largest absolute Gasteiger partial charge is 0.396 e. The number of amides is 2. The van der Waals surface area contributed by atoms with Crippen molar-refractivity contribution in [2.75, 3.05) is 32.8 Å². The topological polar surface area (TPSA) is 94.0 Å². The molecule has 1 heterocycles. The average Bonchev–Trinajstić information content (AvgIpc) is 2.96. The number of guanidine groups is 1. The molecule has 2 amide bonds. The van der Waals surface area contributed by atoms with Crippen LogP contribution in [0.4, 0.5) is 0 Å². The zero-order valence-electron chi connectivity index (χ0n) is 18.5. The summed E-state index contributed by atoms with van der Waals surface area (Å²) in [5.41, 5.74) is 1.00. The lowest BCUT2D eigenvalue weighted by molar-refractivity contribution is 0.0652. The van der Waals surface area contributed by atoms with Crippen molar-refractivity contribution in [1.29, 1.82) is 0 Å². The Kier molecular flexibility index (Phi) is 9.80. The van der Waals surface area contributed by atoms with Gasteiger partial charge in [-0.15, -0.1) is 0 Å². The van der Waals surface area contributed by atoms with Crippen molar-refractivity contribution in [2.45, 2.75) is 46.5 Å². The molecule has 0 spiro atoms. The Hall–Kier alpha value is -2.41. The van der Waals surface area contributed by atoms with Crippen LogP contribution in [0, 0.1) is 11.8 Å². The Morgan fingerprint density at radius 3 is 2.33 bits per heavy atom.